The van der Waals surface area contributed by atoms with E-state index in [2.05, 4.69) is 10.1 Å². The summed E-state index contributed by atoms with van der Waals surface area (Å²) in [5.74, 6) is 1.45. The smallest absolute Gasteiger partial charge is 0.263 e. The van der Waals surface area contributed by atoms with Crippen LogP contribution in [0.15, 0.2) is 37.4 Å². The fourth-order valence-electron chi connectivity index (χ4n) is 2.84. The molecular formula is C19H20N4O2S3. The molecule has 28 heavy (non-hydrogen) atoms. The lowest BCUT2D eigenvalue weighted by Crippen LogP contribution is -2.22. The Kier molecular flexibility index (Phi) is 5.39. The molecule has 0 aliphatic rings. The van der Waals surface area contributed by atoms with Crippen LogP contribution in [0.3, 0.4) is 0 Å². The van der Waals surface area contributed by atoms with Crippen molar-refractivity contribution in [3.05, 3.63) is 45.0 Å². The zero-order chi connectivity index (χ0) is 19.8. The van der Waals surface area contributed by atoms with Gasteiger partial charge in [0.15, 0.2) is 11.0 Å². The minimum Gasteiger partial charge on any atom is -0.338 e. The van der Waals surface area contributed by atoms with Crippen molar-refractivity contribution in [3.8, 4) is 10.4 Å². The number of thiophene rings is 2. The number of hydrogen-bond acceptors (Lipinski definition) is 8. The average Bonchev–Trinajstić information content (AvgIpc) is 3.41. The molecule has 0 amide bonds. The highest BCUT2D eigenvalue weighted by molar-refractivity contribution is 7.99. The maximum atomic E-state index is 13.2. The average molecular weight is 433 g/mol. The van der Waals surface area contributed by atoms with Gasteiger partial charge in [-0.15, -0.1) is 22.7 Å². The lowest BCUT2D eigenvalue weighted by molar-refractivity contribution is 0.372. The predicted molar refractivity (Wildman–Crippen MR) is 116 cm³/mol. The standard InChI is InChI=1S/C19H20N4O2S3/c1-5-23-18(24)14-12(13-7-6-8-26-13)9-27-17(14)21-19(23)28-11(4)16-20-15(10(2)3)22-25-16/h6-11H,5H2,1-4H3. The van der Waals surface area contributed by atoms with Crippen molar-refractivity contribution in [3.63, 3.8) is 0 Å². The van der Waals surface area contributed by atoms with Crippen LogP contribution in [0.25, 0.3) is 20.7 Å². The van der Waals surface area contributed by atoms with E-state index in [1.165, 1.54) is 23.1 Å². The Hall–Kier alpha value is -1.97. The number of aromatic nitrogens is 4. The minimum atomic E-state index is -0.0983. The first kappa shape index (κ1) is 19.4. The number of hydrogen-bond donors (Lipinski definition) is 0. The summed E-state index contributed by atoms with van der Waals surface area (Å²) in [5.41, 5.74) is 0.970. The van der Waals surface area contributed by atoms with Crippen molar-refractivity contribution < 1.29 is 4.52 Å². The van der Waals surface area contributed by atoms with E-state index in [9.17, 15) is 4.79 Å². The molecule has 146 valence electrons. The summed E-state index contributed by atoms with van der Waals surface area (Å²) in [6.07, 6.45) is 0. The molecular weight excluding hydrogens is 412 g/mol. The zero-order valence-corrected chi connectivity index (χ0v) is 18.5. The van der Waals surface area contributed by atoms with Crippen LogP contribution in [0.4, 0.5) is 0 Å². The van der Waals surface area contributed by atoms with Gasteiger partial charge in [0.1, 0.15) is 4.83 Å². The van der Waals surface area contributed by atoms with Gasteiger partial charge in [-0.2, -0.15) is 4.98 Å². The van der Waals surface area contributed by atoms with Gasteiger partial charge in [-0.1, -0.05) is 36.8 Å². The second-order valence-corrected chi connectivity index (χ2v) is 9.77. The third-order valence-corrected chi connectivity index (χ3v) is 7.22. The van der Waals surface area contributed by atoms with Gasteiger partial charge in [0.05, 0.1) is 10.6 Å². The summed E-state index contributed by atoms with van der Waals surface area (Å²) in [4.78, 5) is 24.4. The molecule has 4 aromatic heterocycles. The summed E-state index contributed by atoms with van der Waals surface area (Å²) < 4.78 is 7.14. The van der Waals surface area contributed by atoms with Crippen molar-refractivity contribution in [1.82, 2.24) is 19.7 Å². The van der Waals surface area contributed by atoms with E-state index >= 15 is 0 Å². The predicted octanol–water partition coefficient (Wildman–Crippen LogP) is 5.57. The van der Waals surface area contributed by atoms with Gasteiger partial charge in [-0.3, -0.25) is 9.36 Å². The van der Waals surface area contributed by atoms with Crippen LogP contribution < -0.4 is 5.56 Å². The Morgan fingerprint density at radius 3 is 2.71 bits per heavy atom. The molecule has 9 heteroatoms. The lowest BCUT2D eigenvalue weighted by atomic mass is 10.2. The molecule has 1 unspecified atom stereocenters. The molecule has 0 saturated carbocycles. The fraction of sp³-hybridized carbons (Fsp3) is 0.368. The molecule has 0 aromatic carbocycles. The highest BCUT2D eigenvalue weighted by Gasteiger charge is 2.22. The third-order valence-electron chi connectivity index (χ3n) is 4.37. The van der Waals surface area contributed by atoms with Crippen LogP contribution in [0.1, 0.15) is 50.6 Å². The zero-order valence-electron chi connectivity index (χ0n) is 16.0. The van der Waals surface area contributed by atoms with Crippen LogP contribution in [0, 0.1) is 0 Å². The molecule has 4 heterocycles. The first-order valence-corrected chi connectivity index (χ1v) is 11.7. The Labute approximate surface area is 174 Å². The lowest BCUT2D eigenvalue weighted by Gasteiger charge is -2.12. The summed E-state index contributed by atoms with van der Waals surface area (Å²) in [5, 5.41) is 9.36. The van der Waals surface area contributed by atoms with Crippen molar-refractivity contribution in [1.29, 1.82) is 0 Å². The monoisotopic (exact) mass is 432 g/mol. The van der Waals surface area contributed by atoms with Gasteiger partial charge in [0, 0.05) is 28.3 Å². The Balaban J connectivity index is 1.74. The maximum absolute atomic E-state index is 13.2. The SMILES string of the molecule is CCn1c(SC(C)c2nc(C(C)C)no2)nc2scc(-c3cccs3)c2c1=O. The Bertz CT molecular complexity index is 1160. The maximum Gasteiger partial charge on any atom is 0.263 e. The van der Waals surface area contributed by atoms with E-state index in [-0.39, 0.29) is 16.7 Å². The molecule has 0 saturated heterocycles. The normalized spacial score (nSPS) is 12.9. The van der Waals surface area contributed by atoms with Gasteiger partial charge in [0.2, 0.25) is 5.89 Å². The second kappa shape index (κ2) is 7.81. The molecule has 0 fully saturated rings. The first-order chi connectivity index (χ1) is 13.5. The number of fused-ring (bicyclic) bond motifs is 1. The molecule has 0 radical (unpaired) electrons. The van der Waals surface area contributed by atoms with Gasteiger partial charge >= 0.3 is 0 Å². The van der Waals surface area contributed by atoms with E-state index in [0.29, 0.717) is 28.8 Å². The molecule has 0 spiro atoms. The summed E-state index contributed by atoms with van der Waals surface area (Å²) in [6.45, 7) is 8.56. The summed E-state index contributed by atoms with van der Waals surface area (Å²) in [6, 6.07) is 4.03. The van der Waals surface area contributed by atoms with Gasteiger partial charge in [-0.05, 0) is 25.3 Å². The van der Waals surface area contributed by atoms with Crippen LogP contribution in [0.2, 0.25) is 0 Å². The molecule has 6 nitrogen and oxygen atoms in total. The van der Waals surface area contributed by atoms with Gasteiger partial charge in [-0.25, -0.2) is 4.98 Å². The van der Waals surface area contributed by atoms with Crippen LogP contribution in [-0.4, -0.2) is 19.7 Å². The van der Waals surface area contributed by atoms with Crippen molar-refractivity contribution in [2.45, 2.75) is 50.6 Å². The van der Waals surface area contributed by atoms with Crippen molar-refractivity contribution in [2.75, 3.05) is 0 Å². The minimum absolute atomic E-state index is 0.000230. The van der Waals surface area contributed by atoms with E-state index in [1.807, 2.05) is 50.6 Å². The quantitative estimate of drug-likeness (QED) is 0.293. The fourth-order valence-corrected chi connectivity index (χ4v) is 5.65. The highest BCUT2D eigenvalue weighted by atomic mass is 32.2. The van der Waals surface area contributed by atoms with E-state index in [0.717, 1.165) is 15.3 Å². The van der Waals surface area contributed by atoms with Crippen molar-refractivity contribution >= 4 is 44.7 Å². The third kappa shape index (κ3) is 3.42. The molecule has 0 aliphatic heterocycles. The molecule has 0 N–H and O–H groups in total. The topological polar surface area (TPSA) is 73.8 Å². The number of nitrogens with zero attached hydrogens (tertiary/aromatic N) is 4. The number of thioether (sulfide) groups is 1. The molecule has 4 rings (SSSR count). The molecule has 0 bridgehead atoms. The highest BCUT2D eigenvalue weighted by Crippen LogP contribution is 2.37. The molecule has 1 atom stereocenters. The van der Waals surface area contributed by atoms with Gasteiger partial charge in [0.25, 0.3) is 5.56 Å². The summed E-state index contributed by atoms with van der Waals surface area (Å²) in [7, 11) is 0. The van der Waals surface area contributed by atoms with E-state index in [4.69, 9.17) is 9.51 Å². The van der Waals surface area contributed by atoms with Crippen molar-refractivity contribution in [2.24, 2.45) is 0 Å². The first-order valence-electron chi connectivity index (χ1n) is 9.05. The van der Waals surface area contributed by atoms with E-state index in [1.54, 1.807) is 15.9 Å². The van der Waals surface area contributed by atoms with Crippen LogP contribution in [-0.2, 0) is 6.54 Å². The Morgan fingerprint density at radius 1 is 1.25 bits per heavy atom. The van der Waals surface area contributed by atoms with Crippen LogP contribution in [0.5, 0.6) is 0 Å². The summed E-state index contributed by atoms with van der Waals surface area (Å²) >= 11 is 4.61. The molecule has 4 aromatic rings. The van der Waals surface area contributed by atoms with E-state index < -0.39 is 0 Å². The molecule has 0 aliphatic carbocycles. The second-order valence-electron chi connectivity index (χ2n) is 6.66. The number of rotatable bonds is 6. The van der Waals surface area contributed by atoms with Crippen LogP contribution >= 0.6 is 34.4 Å². The largest absolute Gasteiger partial charge is 0.338 e. The Morgan fingerprint density at radius 2 is 2.07 bits per heavy atom. The van der Waals surface area contributed by atoms with Gasteiger partial charge < -0.3 is 4.52 Å².